The molecule has 0 radical (unpaired) electrons. The second kappa shape index (κ2) is 6.15. The standard InChI is InChI=1S/C11H19N3O2/c1-4-9-8(10(5-2)16-14-9)7-13-11(15)12-6-3/h4-7H2,1-3H3,(H2,12,13,15). The molecule has 0 aromatic carbocycles. The van der Waals surface area contributed by atoms with E-state index in [1.165, 1.54) is 0 Å². The van der Waals surface area contributed by atoms with E-state index in [2.05, 4.69) is 15.8 Å². The average Bonchev–Trinajstić information content (AvgIpc) is 2.68. The number of hydrogen-bond donors (Lipinski definition) is 2. The molecule has 0 spiro atoms. The minimum absolute atomic E-state index is 0.159. The number of carbonyl (C=O) groups excluding carboxylic acids is 1. The lowest BCUT2D eigenvalue weighted by Gasteiger charge is -2.06. The van der Waals surface area contributed by atoms with E-state index in [1.54, 1.807) is 0 Å². The Labute approximate surface area is 95.6 Å². The zero-order chi connectivity index (χ0) is 12.0. The third kappa shape index (κ3) is 2.98. The summed E-state index contributed by atoms with van der Waals surface area (Å²) in [7, 11) is 0. The summed E-state index contributed by atoms with van der Waals surface area (Å²) < 4.78 is 5.21. The summed E-state index contributed by atoms with van der Waals surface area (Å²) in [6.07, 6.45) is 1.61. The van der Waals surface area contributed by atoms with Gasteiger partial charge in [-0.3, -0.25) is 0 Å². The third-order valence-corrected chi connectivity index (χ3v) is 2.37. The molecule has 0 saturated carbocycles. The Morgan fingerprint density at radius 3 is 2.56 bits per heavy atom. The topological polar surface area (TPSA) is 67.2 Å². The maximum Gasteiger partial charge on any atom is 0.315 e. The van der Waals surface area contributed by atoms with Crippen LogP contribution in [0, 0.1) is 0 Å². The van der Waals surface area contributed by atoms with Crippen molar-refractivity contribution in [3.8, 4) is 0 Å². The number of aryl methyl sites for hydroxylation is 2. The van der Waals surface area contributed by atoms with Crippen molar-refractivity contribution in [3.63, 3.8) is 0 Å². The van der Waals surface area contributed by atoms with Gasteiger partial charge in [-0.2, -0.15) is 0 Å². The minimum Gasteiger partial charge on any atom is -0.361 e. The Balaban J connectivity index is 2.64. The van der Waals surface area contributed by atoms with Crippen LogP contribution in [-0.4, -0.2) is 17.7 Å². The van der Waals surface area contributed by atoms with Crippen LogP contribution in [-0.2, 0) is 19.4 Å². The molecule has 0 aliphatic rings. The molecule has 0 bridgehead atoms. The van der Waals surface area contributed by atoms with Gasteiger partial charge in [-0.05, 0) is 13.3 Å². The molecule has 0 fully saturated rings. The monoisotopic (exact) mass is 225 g/mol. The Morgan fingerprint density at radius 1 is 1.25 bits per heavy atom. The quantitative estimate of drug-likeness (QED) is 0.800. The van der Waals surface area contributed by atoms with Gasteiger partial charge in [-0.1, -0.05) is 19.0 Å². The molecule has 1 heterocycles. The molecule has 2 N–H and O–H groups in total. The Bertz CT molecular complexity index is 325. The predicted octanol–water partition coefficient (Wildman–Crippen LogP) is 1.62. The molecule has 1 aromatic heterocycles. The molecule has 2 amide bonds. The molecule has 0 atom stereocenters. The van der Waals surface area contributed by atoms with E-state index in [4.69, 9.17) is 4.52 Å². The van der Waals surface area contributed by atoms with Crippen molar-refractivity contribution in [1.29, 1.82) is 0 Å². The van der Waals surface area contributed by atoms with Gasteiger partial charge in [0.25, 0.3) is 0 Å². The molecule has 90 valence electrons. The van der Waals surface area contributed by atoms with E-state index < -0.39 is 0 Å². The molecule has 0 saturated heterocycles. The smallest absolute Gasteiger partial charge is 0.315 e. The van der Waals surface area contributed by atoms with Crippen molar-refractivity contribution < 1.29 is 9.32 Å². The van der Waals surface area contributed by atoms with Gasteiger partial charge in [0, 0.05) is 25.1 Å². The van der Waals surface area contributed by atoms with Gasteiger partial charge in [-0.15, -0.1) is 0 Å². The number of urea groups is 1. The Morgan fingerprint density at radius 2 is 2.00 bits per heavy atom. The summed E-state index contributed by atoms with van der Waals surface area (Å²) in [5, 5.41) is 9.45. The molecule has 16 heavy (non-hydrogen) atoms. The summed E-state index contributed by atoms with van der Waals surface area (Å²) in [6, 6.07) is -0.159. The molecular formula is C11H19N3O2. The average molecular weight is 225 g/mol. The first-order chi connectivity index (χ1) is 7.72. The first-order valence-electron chi connectivity index (χ1n) is 5.70. The Kier molecular flexibility index (Phi) is 4.82. The summed E-state index contributed by atoms with van der Waals surface area (Å²) in [5.41, 5.74) is 1.94. The van der Waals surface area contributed by atoms with Gasteiger partial charge in [0.15, 0.2) is 0 Å². The SMILES string of the molecule is CCNC(=O)NCc1c(CC)noc1CC. The highest BCUT2D eigenvalue weighted by Crippen LogP contribution is 2.15. The fourth-order valence-electron chi connectivity index (χ4n) is 1.53. The molecule has 5 heteroatoms. The minimum atomic E-state index is -0.159. The number of rotatable bonds is 5. The van der Waals surface area contributed by atoms with Gasteiger partial charge in [0.2, 0.25) is 0 Å². The molecule has 0 unspecified atom stereocenters. The molecule has 0 aliphatic heterocycles. The van der Waals surface area contributed by atoms with E-state index in [1.807, 2.05) is 20.8 Å². The van der Waals surface area contributed by atoms with Crippen LogP contribution < -0.4 is 10.6 Å². The molecular weight excluding hydrogens is 206 g/mol. The van der Waals surface area contributed by atoms with E-state index in [0.29, 0.717) is 13.1 Å². The van der Waals surface area contributed by atoms with Crippen molar-refractivity contribution in [1.82, 2.24) is 15.8 Å². The first-order valence-corrected chi connectivity index (χ1v) is 5.70. The molecule has 0 aliphatic carbocycles. The van der Waals surface area contributed by atoms with Crippen molar-refractivity contribution in [3.05, 3.63) is 17.0 Å². The van der Waals surface area contributed by atoms with Crippen molar-refractivity contribution in [2.24, 2.45) is 0 Å². The van der Waals surface area contributed by atoms with Gasteiger partial charge in [0.05, 0.1) is 5.69 Å². The predicted molar refractivity (Wildman–Crippen MR) is 61.2 cm³/mol. The molecule has 1 rings (SSSR count). The number of hydrogen-bond acceptors (Lipinski definition) is 3. The second-order valence-electron chi connectivity index (χ2n) is 3.45. The van der Waals surface area contributed by atoms with Crippen LogP contribution in [0.5, 0.6) is 0 Å². The van der Waals surface area contributed by atoms with Crippen LogP contribution in [0.4, 0.5) is 4.79 Å². The maximum atomic E-state index is 11.3. The normalized spacial score (nSPS) is 10.2. The number of amides is 2. The highest BCUT2D eigenvalue weighted by molar-refractivity contribution is 5.73. The van der Waals surface area contributed by atoms with Crippen LogP contribution in [0.2, 0.25) is 0 Å². The second-order valence-corrected chi connectivity index (χ2v) is 3.45. The Hall–Kier alpha value is -1.52. The highest BCUT2D eigenvalue weighted by Gasteiger charge is 2.13. The summed E-state index contributed by atoms with van der Waals surface area (Å²) in [6.45, 7) is 7.01. The number of nitrogens with one attached hydrogen (secondary N) is 2. The summed E-state index contributed by atoms with van der Waals surface area (Å²) in [4.78, 5) is 11.3. The fourth-order valence-corrected chi connectivity index (χ4v) is 1.53. The summed E-state index contributed by atoms with van der Waals surface area (Å²) >= 11 is 0. The number of carbonyl (C=O) groups is 1. The maximum absolute atomic E-state index is 11.3. The first kappa shape index (κ1) is 12.5. The third-order valence-electron chi connectivity index (χ3n) is 2.37. The number of nitrogens with zero attached hydrogens (tertiary/aromatic N) is 1. The number of aromatic nitrogens is 1. The van der Waals surface area contributed by atoms with Crippen molar-refractivity contribution >= 4 is 6.03 Å². The van der Waals surface area contributed by atoms with E-state index in [-0.39, 0.29) is 6.03 Å². The molecule has 5 nitrogen and oxygen atoms in total. The van der Waals surface area contributed by atoms with E-state index in [0.717, 1.165) is 29.9 Å². The molecule has 1 aromatic rings. The fraction of sp³-hybridized carbons (Fsp3) is 0.636. The highest BCUT2D eigenvalue weighted by atomic mass is 16.5. The lowest BCUT2D eigenvalue weighted by molar-refractivity contribution is 0.241. The van der Waals surface area contributed by atoms with Gasteiger partial charge in [-0.25, -0.2) is 4.79 Å². The van der Waals surface area contributed by atoms with Crippen LogP contribution in [0.25, 0.3) is 0 Å². The van der Waals surface area contributed by atoms with Gasteiger partial charge >= 0.3 is 6.03 Å². The van der Waals surface area contributed by atoms with E-state index >= 15 is 0 Å². The zero-order valence-electron chi connectivity index (χ0n) is 10.1. The van der Waals surface area contributed by atoms with Gasteiger partial charge < -0.3 is 15.2 Å². The lowest BCUT2D eigenvalue weighted by Crippen LogP contribution is -2.35. The van der Waals surface area contributed by atoms with Crippen LogP contribution in [0.3, 0.4) is 0 Å². The van der Waals surface area contributed by atoms with Crippen LogP contribution in [0.15, 0.2) is 4.52 Å². The van der Waals surface area contributed by atoms with Crippen LogP contribution in [0.1, 0.15) is 37.8 Å². The zero-order valence-corrected chi connectivity index (χ0v) is 10.1. The lowest BCUT2D eigenvalue weighted by atomic mass is 10.1. The van der Waals surface area contributed by atoms with Gasteiger partial charge in [0.1, 0.15) is 5.76 Å². The summed E-state index contributed by atoms with van der Waals surface area (Å²) in [5.74, 6) is 0.855. The largest absolute Gasteiger partial charge is 0.361 e. The van der Waals surface area contributed by atoms with E-state index in [9.17, 15) is 4.79 Å². The van der Waals surface area contributed by atoms with Crippen LogP contribution >= 0.6 is 0 Å². The van der Waals surface area contributed by atoms with Crippen molar-refractivity contribution in [2.45, 2.75) is 40.2 Å². The van der Waals surface area contributed by atoms with Crippen molar-refractivity contribution in [2.75, 3.05) is 6.54 Å².